The summed E-state index contributed by atoms with van der Waals surface area (Å²) in [6.07, 6.45) is 1.27. The van der Waals surface area contributed by atoms with Gasteiger partial charge in [-0.25, -0.2) is 8.42 Å². The van der Waals surface area contributed by atoms with Gasteiger partial charge in [0.25, 0.3) is 10.1 Å². The van der Waals surface area contributed by atoms with E-state index in [1.165, 1.54) is 30.3 Å². The fourth-order valence-corrected chi connectivity index (χ4v) is 7.39. The van der Waals surface area contributed by atoms with Gasteiger partial charge in [-0.15, -0.1) is 25.6 Å². The summed E-state index contributed by atoms with van der Waals surface area (Å²) in [6.45, 7) is 4.19. The zero-order valence-corrected chi connectivity index (χ0v) is 41.8. The first-order valence-electron chi connectivity index (χ1n) is 19.3. The summed E-state index contributed by atoms with van der Waals surface area (Å²) in [7, 11) is -10.5. The third kappa shape index (κ3) is 12.8. The Hall–Kier alpha value is -5.24. The molecule has 0 aliphatic rings. The molecule has 0 bridgehead atoms. The standard InChI is InChI=1S/C42H43N9O11S2.2Na/c1-3-15-60-34-18-24(10-12-30(34)47-49-32-23-33(62-17-14-52)29(44)22-28(32)43)25-11-13-31(35(19-25)61-16-4-2)48-50-40-36(63(54,55)56)20-26-21-37(64(57,58)59)41(42(53)38(26)39(40)45)51-46-27-8-6-5-7-9-27;;/h5-13,18-23,52-53H,3-4,14-17,43-45H2,1-2H3,(H,54,55,56)(H,57,58,59);;/q;2*+1/p-2. The second-order valence-corrected chi connectivity index (χ2v) is 16.5. The summed E-state index contributed by atoms with van der Waals surface area (Å²) in [4.78, 5) is -2.03. The molecular formula is C42H41N9Na2O11S2. The number of azo groups is 3. The quantitative estimate of drug-likeness (QED) is 0.0358. The number of nitrogen functional groups attached to an aromatic ring is 3. The predicted molar refractivity (Wildman–Crippen MR) is 236 cm³/mol. The number of anilines is 3. The topological polar surface area (TPSA) is 335 Å². The van der Waals surface area contributed by atoms with Crippen LogP contribution in [0.25, 0.3) is 21.9 Å². The van der Waals surface area contributed by atoms with Crippen LogP contribution in [0.15, 0.2) is 131 Å². The van der Waals surface area contributed by atoms with Gasteiger partial charge in [0.1, 0.15) is 61.6 Å². The number of nitrogens with two attached hydrogens (primary N) is 3. The summed E-state index contributed by atoms with van der Waals surface area (Å²) in [6, 6.07) is 22.4. The van der Waals surface area contributed by atoms with Crippen molar-refractivity contribution in [1.82, 2.24) is 0 Å². The van der Waals surface area contributed by atoms with Gasteiger partial charge < -0.3 is 46.2 Å². The Labute approximate surface area is 424 Å². The Balaban J connectivity index is 0.00000476. The van der Waals surface area contributed by atoms with Crippen LogP contribution in [-0.2, 0) is 20.2 Å². The normalized spacial score (nSPS) is 11.8. The summed E-state index contributed by atoms with van der Waals surface area (Å²) in [5.41, 5.74) is 19.1. The van der Waals surface area contributed by atoms with Gasteiger partial charge in [-0.3, -0.25) is 4.55 Å². The molecule has 24 heteroatoms. The van der Waals surface area contributed by atoms with Gasteiger partial charge >= 0.3 is 59.1 Å². The molecule has 20 nitrogen and oxygen atoms in total. The minimum absolute atomic E-state index is 0. The predicted octanol–water partition coefficient (Wildman–Crippen LogP) is 2.68. The molecule has 66 heavy (non-hydrogen) atoms. The molecule has 0 saturated carbocycles. The van der Waals surface area contributed by atoms with Gasteiger partial charge in [0.2, 0.25) is 0 Å². The average molecular weight is 958 g/mol. The van der Waals surface area contributed by atoms with E-state index < -0.39 is 63.6 Å². The van der Waals surface area contributed by atoms with Crippen LogP contribution in [0.5, 0.6) is 23.0 Å². The van der Waals surface area contributed by atoms with E-state index in [0.717, 1.165) is 6.07 Å². The molecule has 0 unspecified atom stereocenters. The second-order valence-electron chi connectivity index (χ2n) is 13.7. The first-order chi connectivity index (χ1) is 30.5. The molecule has 334 valence electrons. The molecule has 0 atom stereocenters. The first-order valence-corrected chi connectivity index (χ1v) is 22.2. The Morgan fingerprint density at radius 2 is 1.14 bits per heavy atom. The van der Waals surface area contributed by atoms with Gasteiger partial charge in [0.05, 0.1) is 53.2 Å². The van der Waals surface area contributed by atoms with Crippen LogP contribution < -0.4 is 95.6 Å². The maximum atomic E-state index is 13.9. The SMILES string of the molecule is CCCOc1cc(-c2ccc(N=Nc3c(S(=O)(=O)[O-])cc4cc(S(=O)(=O)O)c(N=Nc5ccccc5)c([O-])c4c3N)c(OCCC)c2)ccc1N=Nc1cc(OCCO)c(N)cc1N.[Na+].[Na+]. The molecule has 0 spiro atoms. The zero-order chi connectivity index (χ0) is 46.2. The smallest absolute Gasteiger partial charge is 0.870 e. The largest absolute Gasteiger partial charge is 1.00 e. The Morgan fingerprint density at radius 3 is 1.68 bits per heavy atom. The molecule has 6 aromatic carbocycles. The maximum absolute atomic E-state index is 13.9. The van der Waals surface area contributed by atoms with Crippen molar-refractivity contribution < 1.29 is 109 Å². The van der Waals surface area contributed by atoms with Crippen molar-refractivity contribution in [3.63, 3.8) is 0 Å². The number of fused-ring (bicyclic) bond motifs is 1. The van der Waals surface area contributed by atoms with Crippen molar-refractivity contribution >= 4 is 82.2 Å². The first kappa shape index (κ1) is 53.4. The van der Waals surface area contributed by atoms with E-state index >= 15 is 0 Å². The van der Waals surface area contributed by atoms with Crippen molar-refractivity contribution in [3.8, 4) is 34.1 Å². The van der Waals surface area contributed by atoms with Crippen molar-refractivity contribution in [2.75, 3.05) is 43.6 Å². The van der Waals surface area contributed by atoms with Crippen molar-refractivity contribution in [2.45, 2.75) is 36.5 Å². The number of benzene rings is 6. The molecule has 0 fully saturated rings. The van der Waals surface area contributed by atoms with E-state index in [2.05, 4.69) is 30.7 Å². The van der Waals surface area contributed by atoms with E-state index in [1.807, 2.05) is 13.8 Å². The second kappa shape index (κ2) is 23.5. The number of rotatable bonds is 18. The van der Waals surface area contributed by atoms with Gasteiger partial charge in [0, 0.05) is 11.5 Å². The summed E-state index contributed by atoms with van der Waals surface area (Å²) >= 11 is 0. The van der Waals surface area contributed by atoms with E-state index in [-0.39, 0.29) is 119 Å². The summed E-state index contributed by atoms with van der Waals surface area (Å²) in [5, 5.41) is 46.8. The van der Waals surface area contributed by atoms with Gasteiger partial charge in [-0.2, -0.15) is 13.5 Å². The van der Waals surface area contributed by atoms with Crippen LogP contribution >= 0.6 is 0 Å². The van der Waals surface area contributed by atoms with E-state index in [0.29, 0.717) is 48.1 Å². The van der Waals surface area contributed by atoms with Crippen LogP contribution in [-0.4, -0.2) is 57.5 Å². The molecule has 0 aromatic heterocycles. The molecule has 0 aliphatic heterocycles. The van der Waals surface area contributed by atoms with E-state index in [1.54, 1.807) is 48.5 Å². The fraction of sp³-hybridized carbons (Fsp3) is 0.190. The van der Waals surface area contributed by atoms with Crippen LogP contribution in [0.4, 0.5) is 51.2 Å². The van der Waals surface area contributed by atoms with Gasteiger partial charge in [-0.1, -0.05) is 49.9 Å². The molecule has 8 N–H and O–H groups in total. The fourth-order valence-electron chi connectivity index (χ4n) is 6.07. The van der Waals surface area contributed by atoms with Crippen molar-refractivity contribution in [3.05, 3.63) is 91.0 Å². The Bertz CT molecular complexity index is 3040. The molecule has 0 heterocycles. The third-order valence-corrected chi connectivity index (χ3v) is 10.8. The Kier molecular flexibility index (Phi) is 19.0. The molecule has 0 saturated heterocycles. The molecule has 6 aromatic rings. The van der Waals surface area contributed by atoms with E-state index in [9.17, 15) is 31.0 Å². The minimum atomic E-state index is -5.40. The maximum Gasteiger partial charge on any atom is 1.00 e. The third-order valence-electron chi connectivity index (χ3n) is 9.07. The van der Waals surface area contributed by atoms with Crippen LogP contribution in [0.2, 0.25) is 0 Å². The molecule has 0 amide bonds. The number of aliphatic hydroxyl groups excluding tert-OH is 1. The monoisotopic (exact) mass is 957 g/mol. The Morgan fingerprint density at radius 1 is 0.606 bits per heavy atom. The van der Waals surface area contributed by atoms with Gasteiger partial charge in [-0.05, 0) is 84.0 Å². The van der Waals surface area contributed by atoms with Crippen molar-refractivity contribution in [2.24, 2.45) is 30.7 Å². The number of nitrogens with zero attached hydrogens (tertiary/aromatic N) is 6. The molecule has 6 rings (SSSR count). The van der Waals surface area contributed by atoms with Crippen molar-refractivity contribution in [1.29, 1.82) is 0 Å². The average Bonchev–Trinajstić information content (AvgIpc) is 3.26. The molecule has 0 radical (unpaired) electrons. The summed E-state index contributed by atoms with van der Waals surface area (Å²) < 4.78 is 90.2. The van der Waals surface area contributed by atoms with Crippen LogP contribution in [0.1, 0.15) is 26.7 Å². The number of ether oxygens (including phenoxy) is 3. The summed E-state index contributed by atoms with van der Waals surface area (Å²) in [5.74, 6) is -0.302. The molecular weight excluding hydrogens is 917 g/mol. The zero-order valence-electron chi connectivity index (χ0n) is 36.2. The van der Waals surface area contributed by atoms with Crippen LogP contribution in [0, 0.1) is 0 Å². The van der Waals surface area contributed by atoms with E-state index in [4.69, 9.17) is 36.5 Å². The van der Waals surface area contributed by atoms with Crippen LogP contribution in [0.3, 0.4) is 0 Å². The number of aliphatic hydroxyl groups is 1. The van der Waals surface area contributed by atoms with Gasteiger partial charge in [0.15, 0.2) is 0 Å². The minimum Gasteiger partial charge on any atom is -0.870 e. The number of hydrogen-bond acceptors (Lipinski definition) is 19. The number of hydrogen-bond donors (Lipinski definition) is 5. The molecule has 0 aliphatic carbocycles.